The maximum atomic E-state index is 7.13. The zero-order valence-corrected chi connectivity index (χ0v) is 39.4. The van der Waals surface area contributed by atoms with Gasteiger partial charge in [0.2, 0.25) is 0 Å². The Morgan fingerprint density at radius 2 is 1.06 bits per heavy atom. The van der Waals surface area contributed by atoms with Crippen LogP contribution in [0.4, 0.5) is 0 Å². The quantitative estimate of drug-likeness (QED) is 0.160. The van der Waals surface area contributed by atoms with E-state index in [1.54, 1.807) is 0 Å². The standard InChI is InChI=1S/C67H45N3O2/c1-69-64(43-20-9-4-10-21-43)61-62-63(61)67(62,68-66(69)44-30-28-42(29-31-44)40-16-5-2-6-17-40)47-38-52(60-51-23-12-14-27-57(51)71-59(60)39-47)46-32-34-49-50-24-15-26-56(65(50)72-58(49)37-46)70-54-25-13-11-22-48(54)53-36-45(33-35-55(53)70)41-18-7-3-8-19-41/h2-39,61-64H,1H3. The van der Waals surface area contributed by atoms with Crippen LogP contribution < -0.4 is 0 Å². The summed E-state index contributed by atoms with van der Waals surface area (Å²) >= 11 is 0. The normalized spacial score (nSPS) is 20.1. The van der Waals surface area contributed by atoms with E-state index in [-0.39, 0.29) is 11.6 Å². The van der Waals surface area contributed by atoms with Crippen LogP contribution in [0.5, 0.6) is 0 Å². The zero-order valence-electron chi connectivity index (χ0n) is 39.4. The first kappa shape index (κ1) is 39.9. The van der Waals surface area contributed by atoms with Gasteiger partial charge < -0.3 is 18.3 Å². The van der Waals surface area contributed by atoms with Crippen LogP contribution in [0.15, 0.2) is 244 Å². The predicted molar refractivity (Wildman–Crippen MR) is 294 cm³/mol. The average molecular weight is 924 g/mol. The molecule has 0 N–H and O–H groups in total. The van der Waals surface area contributed by atoms with E-state index in [0.717, 1.165) is 83.1 Å². The molecule has 10 aromatic carbocycles. The Kier molecular flexibility index (Phi) is 8.19. The van der Waals surface area contributed by atoms with Crippen molar-refractivity contribution in [2.75, 3.05) is 7.05 Å². The summed E-state index contributed by atoms with van der Waals surface area (Å²) < 4.78 is 16.3. The van der Waals surface area contributed by atoms with E-state index < -0.39 is 0 Å². The minimum Gasteiger partial charge on any atom is -0.456 e. The molecule has 2 bridgehead atoms. The highest BCUT2D eigenvalue weighted by Crippen LogP contribution is 2.86. The van der Waals surface area contributed by atoms with E-state index in [0.29, 0.717) is 17.8 Å². The van der Waals surface area contributed by atoms with Gasteiger partial charge in [0.25, 0.3) is 0 Å². The first-order chi connectivity index (χ1) is 35.6. The summed E-state index contributed by atoms with van der Waals surface area (Å²) in [5.74, 6) is 2.35. The van der Waals surface area contributed by atoms with Gasteiger partial charge >= 0.3 is 0 Å². The van der Waals surface area contributed by atoms with Crippen LogP contribution in [0.25, 0.3) is 105 Å². The summed E-state index contributed by atoms with van der Waals surface area (Å²) in [6.07, 6.45) is 0. The number of aliphatic imine (C=N–C) groups is 1. The summed E-state index contributed by atoms with van der Waals surface area (Å²) in [5.41, 5.74) is 17.1. The lowest BCUT2D eigenvalue weighted by Crippen LogP contribution is -2.32. The lowest BCUT2D eigenvalue weighted by molar-refractivity contribution is 0.277. The van der Waals surface area contributed by atoms with Crippen LogP contribution >= 0.6 is 0 Å². The number of fused-ring (bicyclic) bond motifs is 11. The molecule has 2 fully saturated rings. The molecule has 4 aliphatic rings. The molecule has 2 aliphatic heterocycles. The Hall–Kier alpha value is -8.93. The predicted octanol–water partition coefficient (Wildman–Crippen LogP) is 16.8. The smallest absolute Gasteiger partial charge is 0.159 e. The first-order valence-corrected chi connectivity index (χ1v) is 25.1. The number of para-hydroxylation sites is 3. The third-order valence-electron chi connectivity index (χ3n) is 16.5. The number of hydrogen-bond acceptors (Lipinski definition) is 4. The second kappa shape index (κ2) is 14.8. The molecule has 0 saturated heterocycles. The third kappa shape index (κ3) is 5.62. The molecule has 5 nitrogen and oxygen atoms in total. The lowest BCUT2D eigenvalue weighted by atomic mass is 9.83. The van der Waals surface area contributed by atoms with Crippen LogP contribution in [0.2, 0.25) is 0 Å². The number of amidine groups is 1. The Morgan fingerprint density at radius 3 is 1.85 bits per heavy atom. The van der Waals surface area contributed by atoms with Crippen LogP contribution in [0, 0.1) is 17.8 Å². The van der Waals surface area contributed by atoms with E-state index in [1.165, 1.54) is 44.2 Å². The van der Waals surface area contributed by atoms with E-state index in [9.17, 15) is 0 Å². The largest absolute Gasteiger partial charge is 0.456 e. The van der Waals surface area contributed by atoms with E-state index in [2.05, 4.69) is 247 Å². The Balaban J connectivity index is 0.860. The van der Waals surface area contributed by atoms with Gasteiger partial charge in [0.05, 0.1) is 28.3 Å². The van der Waals surface area contributed by atoms with E-state index in [4.69, 9.17) is 13.8 Å². The van der Waals surface area contributed by atoms with Crippen molar-refractivity contribution in [3.63, 3.8) is 0 Å². The lowest BCUT2D eigenvalue weighted by Gasteiger charge is -2.31. The Morgan fingerprint density at radius 1 is 0.431 bits per heavy atom. The van der Waals surface area contributed by atoms with Gasteiger partial charge in [-0.2, -0.15) is 0 Å². The average Bonchev–Trinajstić information content (AvgIpc) is 4.21. The fraction of sp³-hybridized carbons (Fsp3) is 0.0896. The minimum atomic E-state index is -0.375. The van der Waals surface area contributed by atoms with Crippen LogP contribution in [0.1, 0.15) is 22.7 Å². The zero-order chi connectivity index (χ0) is 47.2. The molecule has 13 aromatic rings. The molecule has 5 heterocycles. The molecule has 0 spiro atoms. The highest BCUT2D eigenvalue weighted by atomic mass is 16.3. The number of aromatic nitrogens is 1. The Labute approximate surface area is 415 Å². The number of nitrogens with zero attached hydrogens (tertiary/aromatic N) is 3. The molecule has 3 unspecified atom stereocenters. The molecule has 3 aromatic heterocycles. The molecule has 0 radical (unpaired) electrons. The molecule has 340 valence electrons. The van der Waals surface area contributed by atoms with Crippen LogP contribution in [-0.4, -0.2) is 22.4 Å². The van der Waals surface area contributed by atoms with E-state index >= 15 is 0 Å². The molecule has 3 atom stereocenters. The number of benzene rings is 10. The van der Waals surface area contributed by atoms with Crippen molar-refractivity contribution >= 4 is 71.5 Å². The van der Waals surface area contributed by atoms with E-state index in [1.807, 2.05) is 0 Å². The highest BCUT2D eigenvalue weighted by Gasteiger charge is 2.87. The van der Waals surface area contributed by atoms with Crippen molar-refractivity contribution in [2.45, 2.75) is 11.6 Å². The fourth-order valence-electron chi connectivity index (χ4n) is 13.2. The van der Waals surface area contributed by atoms with Gasteiger partial charge in [0, 0.05) is 44.9 Å². The highest BCUT2D eigenvalue weighted by molar-refractivity contribution is 6.16. The van der Waals surface area contributed by atoms with Gasteiger partial charge in [-0.3, -0.25) is 4.99 Å². The molecular formula is C67H45N3O2. The van der Waals surface area contributed by atoms with Gasteiger partial charge in [-0.25, -0.2) is 0 Å². The fourth-order valence-corrected chi connectivity index (χ4v) is 13.2. The number of hydrogen-bond donors (Lipinski definition) is 0. The maximum absolute atomic E-state index is 7.13. The molecule has 2 saturated carbocycles. The van der Waals surface area contributed by atoms with Crippen molar-refractivity contribution in [1.82, 2.24) is 9.47 Å². The summed E-state index contributed by atoms with van der Waals surface area (Å²) in [4.78, 5) is 8.43. The molecular weight excluding hydrogens is 879 g/mol. The second-order valence-corrected chi connectivity index (χ2v) is 20.2. The maximum Gasteiger partial charge on any atom is 0.159 e. The van der Waals surface area contributed by atoms with Crippen molar-refractivity contribution in [3.05, 3.63) is 247 Å². The van der Waals surface area contributed by atoms with Gasteiger partial charge in [0.15, 0.2) is 5.58 Å². The molecule has 0 amide bonds. The van der Waals surface area contributed by atoms with Gasteiger partial charge in [-0.05, 0) is 117 Å². The molecule has 5 heteroatoms. The molecule has 2 aliphatic carbocycles. The van der Waals surface area contributed by atoms with Gasteiger partial charge in [-0.1, -0.05) is 176 Å². The van der Waals surface area contributed by atoms with Crippen LogP contribution in [-0.2, 0) is 5.54 Å². The summed E-state index contributed by atoms with van der Waals surface area (Å²) in [6.45, 7) is 0. The minimum absolute atomic E-state index is 0.216. The van der Waals surface area contributed by atoms with Crippen molar-refractivity contribution in [1.29, 1.82) is 0 Å². The summed E-state index contributed by atoms with van der Waals surface area (Å²) in [7, 11) is 2.25. The number of furan rings is 2. The summed E-state index contributed by atoms with van der Waals surface area (Å²) in [6, 6.07) is 83.6. The Bertz CT molecular complexity index is 4360. The third-order valence-corrected chi connectivity index (χ3v) is 16.5. The molecule has 72 heavy (non-hydrogen) atoms. The number of rotatable bonds is 7. The van der Waals surface area contributed by atoms with Crippen molar-refractivity contribution < 1.29 is 8.83 Å². The van der Waals surface area contributed by atoms with Crippen molar-refractivity contribution in [3.8, 4) is 39.1 Å². The van der Waals surface area contributed by atoms with Crippen molar-refractivity contribution in [2.24, 2.45) is 22.7 Å². The second-order valence-electron chi connectivity index (χ2n) is 20.2. The monoisotopic (exact) mass is 923 g/mol. The van der Waals surface area contributed by atoms with Crippen LogP contribution in [0.3, 0.4) is 0 Å². The van der Waals surface area contributed by atoms with Gasteiger partial charge in [0.1, 0.15) is 22.6 Å². The SMILES string of the molecule is CN1C(c2ccc(-c3ccccc3)cc2)=NC2(c3cc(-c4ccc5c(c4)oc4c(-n6c7ccccc7c7cc(-c8ccccc8)ccc76)cccc45)c4c(c3)oc3ccccc34)C3C(C1c1ccccc1)C32. The summed E-state index contributed by atoms with van der Waals surface area (Å²) in [5, 5.41) is 6.82. The first-order valence-electron chi connectivity index (χ1n) is 25.1. The van der Waals surface area contributed by atoms with Gasteiger partial charge in [-0.15, -0.1) is 0 Å². The molecule has 17 rings (SSSR count). The topological polar surface area (TPSA) is 46.8 Å².